The molecule has 0 bridgehead atoms. The number of benzene rings is 2. The van der Waals surface area contributed by atoms with E-state index in [0.717, 1.165) is 21.3 Å². The fraction of sp³-hybridized carbons (Fsp3) is 0.167. The number of nitrogens with one attached hydrogen (secondary N) is 1. The summed E-state index contributed by atoms with van der Waals surface area (Å²) in [5, 5.41) is 2.86. The number of hydrogen-bond donors (Lipinski definition) is 1. The molecule has 22 heavy (non-hydrogen) atoms. The van der Waals surface area contributed by atoms with Crippen LogP contribution in [0, 0.1) is 6.92 Å². The van der Waals surface area contributed by atoms with E-state index >= 15 is 0 Å². The molecule has 2 aromatic carbocycles. The topological polar surface area (TPSA) is 38.3 Å². The van der Waals surface area contributed by atoms with Gasteiger partial charge in [0.25, 0.3) is 0 Å². The number of hydrogen-bond acceptors (Lipinski definition) is 2. The zero-order valence-corrected chi connectivity index (χ0v) is 14.2. The Morgan fingerprint density at radius 2 is 1.95 bits per heavy atom. The van der Waals surface area contributed by atoms with Crippen LogP contribution in [-0.4, -0.2) is 13.0 Å². The molecule has 0 heterocycles. The molecule has 3 nitrogen and oxygen atoms in total. The predicted molar refractivity (Wildman–Crippen MR) is 92.8 cm³/mol. The van der Waals surface area contributed by atoms with Crippen LogP contribution in [0.15, 0.2) is 53.0 Å². The molecular weight excluding hydrogens is 342 g/mol. The minimum absolute atomic E-state index is 0.136. The van der Waals surface area contributed by atoms with Gasteiger partial charge in [-0.2, -0.15) is 0 Å². The Kier molecular flexibility index (Phi) is 5.78. The number of methoxy groups -OCH3 is 1. The molecule has 0 spiro atoms. The van der Waals surface area contributed by atoms with Crippen molar-refractivity contribution >= 4 is 27.9 Å². The van der Waals surface area contributed by atoms with Crippen LogP contribution in [-0.2, 0) is 11.3 Å². The minimum Gasteiger partial charge on any atom is -0.496 e. The fourth-order valence-corrected chi connectivity index (χ4v) is 2.33. The summed E-state index contributed by atoms with van der Waals surface area (Å²) in [6.07, 6.45) is 3.26. The monoisotopic (exact) mass is 359 g/mol. The average Bonchev–Trinajstić information content (AvgIpc) is 2.52. The molecule has 2 rings (SSSR count). The molecule has 0 aliphatic rings. The lowest BCUT2D eigenvalue weighted by molar-refractivity contribution is -0.116. The molecule has 0 aliphatic carbocycles. The van der Waals surface area contributed by atoms with Gasteiger partial charge in [-0.05, 0) is 36.8 Å². The molecule has 0 radical (unpaired) electrons. The predicted octanol–water partition coefficient (Wildman–Crippen LogP) is 4.10. The molecule has 0 saturated carbocycles. The van der Waals surface area contributed by atoms with Crippen LogP contribution in [0.2, 0.25) is 0 Å². The zero-order valence-electron chi connectivity index (χ0n) is 12.6. The Morgan fingerprint density at radius 3 is 2.64 bits per heavy atom. The first-order chi connectivity index (χ1) is 10.6. The van der Waals surface area contributed by atoms with Gasteiger partial charge in [0.1, 0.15) is 5.75 Å². The highest BCUT2D eigenvalue weighted by Gasteiger charge is 2.02. The van der Waals surface area contributed by atoms with E-state index in [4.69, 9.17) is 4.74 Å². The normalized spacial score (nSPS) is 10.7. The van der Waals surface area contributed by atoms with Crippen LogP contribution in [0.5, 0.6) is 5.75 Å². The molecule has 0 saturated heterocycles. The van der Waals surface area contributed by atoms with Crippen LogP contribution >= 0.6 is 15.9 Å². The van der Waals surface area contributed by atoms with Crippen molar-refractivity contribution in [2.75, 3.05) is 7.11 Å². The van der Waals surface area contributed by atoms with Crippen molar-refractivity contribution < 1.29 is 9.53 Å². The lowest BCUT2D eigenvalue weighted by atomic mass is 10.1. The molecule has 0 atom stereocenters. The van der Waals surface area contributed by atoms with E-state index in [1.165, 1.54) is 11.6 Å². The Hall–Kier alpha value is -2.07. The summed E-state index contributed by atoms with van der Waals surface area (Å²) in [5.41, 5.74) is 3.13. The Morgan fingerprint density at radius 1 is 1.23 bits per heavy atom. The number of rotatable bonds is 5. The molecule has 2 aromatic rings. The van der Waals surface area contributed by atoms with Crippen molar-refractivity contribution in [1.82, 2.24) is 5.32 Å². The lowest BCUT2D eigenvalue weighted by Crippen LogP contribution is -2.20. The third-order valence-electron chi connectivity index (χ3n) is 3.19. The SMILES string of the molecule is COc1ccc(Br)cc1/C=C/C(=O)NCc1ccc(C)cc1. The van der Waals surface area contributed by atoms with E-state index in [1.807, 2.05) is 49.4 Å². The van der Waals surface area contributed by atoms with Crippen molar-refractivity contribution in [3.63, 3.8) is 0 Å². The van der Waals surface area contributed by atoms with E-state index in [1.54, 1.807) is 13.2 Å². The lowest BCUT2D eigenvalue weighted by Gasteiger charge is -2.05. The standard InChI is InChI=1S/C18H18BrNO2/c1-13-3-5-14(6-4-13)12-20-18(21)10-7-15-11-16(19)8-9-17(15)22-2/h3-11H,12H2,1-2H3,(H,20,21)/b10-7+. The van der Waals surface area contributed by atoms with Crippen molar-refractivity contribution in [3.8, 4) is 5.75 Å². The quantitative estimate of drug-likeness (QED) is 0.816. The molecule has 0 fully saturated rings. The zero-order chi connectivity index (χ0) is 15.9. The van der Waals surface area contributed by atoms with Crippen molar-refractivity contribution in [3.05, 3.63) is 69.7 Å². The smallest absolute Gasteiger partial charge is 0.244 e. The summed E-state index contributed by atoms with van der Waals surface area (Å²) in [4.78, 5) is 11.9. The summed E-state index contributed by atoms with van der Waals surface area (Å²) in [6, 6.07) is 13.7. The number of aryl methyl sites for hydroxylation is 1. The van der Waals surface area contributed by atoms with Crippen LogP contribution < -0.4 is 10.1 Å². The van der Waals surface area contributed by atoms with Gasteiger partial charge in [0.05, 0.1) is 7.11 Å². The highest BCUT2D eigenvalue weighted by atomic mass is 79.9. The van der Waals surface area contributed by atoms with Crippen LogP contribution in [0.1, 0.15) is 16.7 Å². The number of halogens is 1. The van der Waals surface area contributed by atoms with Crippen LogP contribution in [0.3, 0.4) is 0 Å². The second kappa shape index (κ2) is 7.80. The molecule has 1 N–H and O–H groups in total. The van der Waals surface area contributed by atoms with Gasteiger partial charge < -0.3 is 10.1 Å². The molecule has 0 unspecified atom stereocenters. The maximum atomic E-state index is 11.9. The molecule has 114 valence electrons. The maximum absolute atomic E-state index is 11.9. The Balaban J connectivity index is 1.96. The average molecular weight is 360 g/mol. The summed E-state index contributed by atoms with van der Waals surface area (Å²) in [7, 11) is 1.61. The van der Waals surface area contributed by atoms with Gasteiger partial charge >= 0.3 is 0 Å². The maximum Gasteiger partial charge on any atom is 0.244 e. The number of carbonyl (C=O) groups is 1. The van der Waals surface area contributed by atoms with Gasteiger partial charge in [-0.3, -0.25) is 4.79 Å². The van der Waals surface area contributed by atoms with E-state index in [9.17, 15) is 4.79 Å². The second-order valence-corrected chi connectivity index (χ2v) is 5.84. The molecule has 4 heteroatoms. The van der Waals surface area contributed by atoms with Gasteiger partial charge in [-0.1, -0.05) is 45.8 Å². The highest BCUT2D eigenvalue weighted by molar-refractivity contribution is 9.10. The summed E-state index contributed by atoms with van der Waals surface area (Å²) >= 11 is 3.41. The van der Waals surface area contributed by atoms with E-state index in [2.05, 4.69) is 21.2 Å². The number of carbonyl (C=O) groups excluding carboxylic acids is 1. The van der Waals surface area contributed by atoms with Gasteiger partial charge in [-0.25, -0.2) is 0 Å². The summed E-state index contributed by atoms with van der Waals surface area (Å²) < 4.78 is 6.21. The molecule has 1 amide bonds. The molecule has 0 aromatic heterocycles. The molecule has 0 aliphatic heterocycles. The first-order valence-electron chi connectivity index (χ1n) is 6.93. The fourth-order valence-electron chi connectivity index (χ4n) is 1.95. The van der Waals surface area contributed by atoms with Crippen LogP contribution in [0.25, 0.3) is 6.08 Å². The first kappa shape index (κ1) is 16.3. The highest BCUT2D eigenvalue weighted by Crippen LogP contribution is 2.23. The Labute approximate surface area is 139 Å². The summed E-state index contributed by atoms with van der Waals surface area (Å²) in [6.45, 7) is 2.55. The van der Waals surface area contributed by atoms with Gasteiger partial charge in [-0.15, -0.1) is 0 Å². The van der Waals surface area contributed by atoms with E-state index < -0.39 is 0 Å². The van der Waals surface area contributed by atoms with Gasteiger partial charge in [0.15, 0.2) is 0 Å². The largest absolute Gasteiger partial charge is 0.496 e. The first-order valence-corrected chi connectivity index (χ1v) is 7.73. The third kappa shape index (κ3) is 4.74. The minimum atomic E-state index is -0.136. The Bertz CT molecular complexity index is 678. The second-order valence-electron chi connectivity index (χ2n) is 4.92. The van der Waals surface area contributed by atoms with E-state index in [-0.39, 0.29) is 5.91 Å². The number of ether oxygens (including phenoxy) is 1. The van der Waals surface area contributed by atoms with Crippen molar-refractivity contribution in [2.24, 2.45) is 0 Å². The van der Waals surface area contributed by atoms with E-state index in [0.29, 0.717) is 6.54 Å². The van der Waals surface area contributed by atoms with Gasteiger partial charge in [0, 0.05) is 22.7 Å². The summed E-state index contributed by atoms with van der Waals surface area (Å²) in [5.74, 6) is 0.591. The van der Waals surface area contributed by atoms with Crippen molar-refractivity contribution in [1.29, 1.82) is 0 Å². The number of amides is 1. The molecular formula is C18H18BrNO2. The van der Waals surface area contributed by atoms with Crippen molar-refractivity contribution in [2.45, 2.75) is 13.5 Å². The van der Waals surface area contributed by atoms with Gasteiger partial charge in [0.2, 0.25) is 5.91 Å². The van der Waals surface area contributed by atoms with Crippen LogP contribution in [0.4, 0.5) is 0 Å². The third-order valence-corrected chi connectivity index (χ3v) is 3.69.